The summed E-state index contributed by atoms with van der Waals surface area (Å²) < 4.78 is 0. The first-order chi connectivity index (χ1) is 11.7. The highest BCUT2D eigenvalue weighted by Crippen LogP contribution is 2.12. The van der Waals surface area contributed by atoms with Crippen LogP contribution in [-0.2, 0) is 16.0 Å². The summed E-state index contributed by atoms with van der Waals surface area (Å²) in [7, 11) is 0. The van der Waals surface area contributed by atoms with Crippen LogP contribution in [0, 0.1) is 0 Å². The van der Waals surface area contributed by atoms with Gasteiger partial charge in [0.25, 0.3) is 0 Å². The van der Waals surface area contributed by atoms with Gasteiger partial charge >= 0.3 is 0 Å². The van der Waals surface area contributed by atoms with Crippen LogP contribution in [0.1, 0.15) is 10.4 Å². The van der Waals surface area contributed by atoms with Gasteiger partial charge in [-0.2, -0.15) is 0 Å². The van der Waals surface area contributed by atoms with Gasteiger partial charge in [0.1, 0.15) is 0 Å². The maximum atomic E-state index is 12.3. The standard InChI is InChI=1S/C19H20N2O2S/c22-18(9-8-16-5-2-1-3-6-16)20-10-12-21(13-11-20)19(23)15-17-7-4-14-24-17/h1-9,14H,10-13,15H2/b9-8+. The minimum Gasteiger partial charge on any atom is -0.339 e. The Hall–Kier alpha value is -2.40. The van der Waals surface area contributed by atoms with E-state index in [0.717, 1.165) is 10.4 Å². The number of carbonyl (C=O) groups excluding carboxylic acids is 2. The second-order valence-electron chi connectivity index (χ2n) is 5.71. The normalized spacial score (nSPS) is 15.0. The van der Waals surface area contributed by atoms with Crippen molar-refractivity contribution >= 4 is 29.2 Å². The molecule has 4 nitrogen and oxygen atoms in total. The van der Waals surface area contributed by atoms with Gasteiger partial charge in [0.2, 0.25) is 11.8 Å². The van der Waals surface area contributed by atoms with Crippen LogP contribution in [0.5, 0.6) is 0 Å². The molecule has 0 bridgehead atoms. The molecule has 124 valence electrons. The quantitative estimate of drug-likeness (QED) is 0.803. The lowest BCUT2D eigenvalue weighted by atomic mass is 10.2. The maximum Gasteiger partial charge on any atom is 0.246 e. The molecule has 0 unspecified atom stereocenters. The monoisotopic (exact) mass is 340 g/mol. The minimum atomic E-state index is 0.00390. The Kier molecular flexibility index (Phi) is 5.43. The molecule has 1 aromatic carbocycles. The van der Waals surface area contributed by atoms with Crippen molar-refractivity contribution in [3.05, 3.63) is 64.4 Å². The Labute approximate surface area is 146 Å². The van der Waals surface area contributed by atoms with Crippen molar-refractivity contribution in [2.75, 3.05) is 26.2 Å². The molecule has 2 aromatic rings. The van der Waals surface area contributed by atoms with E-state index in [1.54, 1.807) is 22.3 Å². The molecule has 1 fully saturated rings. The fraction of sp³-hybridized carbons (Fsp3) is 0.263. The SMILES string of the molecule is O=C(/C=C/c1ccccc1)N1CCN(C(=O)Cc2cccs2)CC1. The zero-order valence-electron chi connectivity index (χ0n) is 13.4. The first-order valence-corrected chi connectivity index (χ1v) is 8.92. The van der Waals surface area contributed by atoms with Gasteiger partial charge in [-0.15, -0.1) is 11.3 Å². The third-order valence-corrected chi connectivity index (χ3v) is 4.94. The summed E-state index contributed by atoms with van der Waals surface area (Å²) in [5.41, 5.74) is 1.01. The Morgan fingerprint density at radius 3 is 2.33 bits per heavy atom. The largest absolute Gasteiger partial charge is 0.339 e. The first kappa shape index (κ1) is 16.5. The van der Waals surface area contributed by atoms with Crippen molar-refractivity contribution in [1.82, 2.24) is 9.80 Å². The molecule has 0 N–H and O–H groups in total. The Morgan fingerprint density at radius 1 is 0.958 bits per heavy atom. The number of thiophene rings is 1. The fourth-order valence-electron chi connectivity index (χ4n) is 2.69. The van der Waals surface area contributed by atoms with Crippen molar-refractivity contribution in [2.24, 2.45) is 0 Å². The third kappa shape index (κ3) is 4.32. The lowest BCUT2D eigenvalue weighted by molar-refractivity contribution is -0.136. The summed E-state index contributed by atoms with van der Waals surface area (Å²) in [5.74, 6) is 0.147. The zero-order chi connectivity index (χ0) is 16.8. The molecular formula is C19H20N2O2S. The van der Waals surface area contributed by atoms with Gasteiger partial charge < -0.3 is 9.80 Å². The molecule has 3 rings (SSSR count). The fourth-order valence-corrected chi connectivity index (χ4v) is 3.38. The molecule has 5 heteroatoms. The molecule has 1 saturated heterocycles. The number of piperazine rings is 1. The number of carbonyl (C=O) groups is 2. The molecule has 1 aliphatic rings. The van der Waals surface area contributed by atoms with Gasteiger partial charge in [-0.1, -0.05) is 36.4 Å². The molecule has 1 aliphatic heterocycles. The highest BCUT2D eigenvalue weighted by atomic mass is 32.1. The molecule has 0 radical (unpaired) electrons. The summed E-state index contributed by atoms with van der Waals surface area (Å²) >= 11 is 1.60. The van der Waals surface area contributed by atoms with Crippen LogP contribution >= 0.6 is 11.3 Å². The highest BCUT2D eigenvalue weighted by Gasteiger charge is 2.23. The van der Waals surface area contributed by atoms with Crippen molar-refractivity contribution in [3.8, 4) is 0 Å². The van der Waals surface area contributed by atoms with Crippen LogP contribution in [0.2, 0.25) is 0 Å². The van der Waals surface area contributed by atoms with Gasteiger partial charge in [0.05, 0.1) is 6.42 Å². The molecule has 24 heavy (non-hydrogen) atoms. The van der Waals surface area contributed by atoms with Gasteiger partial charge in [0.15, 0.2) is 0 Å². The molecule has 0 saturated carbocycles. The second-order valence-corrected chi connectivity index (χ2v) is 6.74. The average Bonchev–Trinajstić information content (AvgIpc) is 3.13. The average molecular weight is 340 g/mol. The second kappa shape index (κ2) is 7.93. The van der Waals surface area contributed by atoms with Crippen molar-refractivity contribution in [1.29, 1.82) is 0 Å². The number of rotatable bonds is 4. The smallest absolute Gasteiger partial charge is 0.246 e. The van der Waals surface area contributed by atoms with E-state index in [0.29, 0.717) is 32.6 Å². The summed E-state index contributed by atoms with van der Waals surface area (Å²) in [6, 6.07) is 13.7. The van der Waals surface area contributed by atoms with E-state index in [1.165, 1.54) is 0 Å². The zero-order valence-corrected chi connectivity index (χ0v) is 14.2. The van der Waals surface area contributed by atoms with E-state index in [1.807, 2.05) is 58.8 Å². The number of hydrogen-bond acceptors (Lipinski definition) is 3. The molecule has 0 aliphatic carbocycles. The van der Waals surface area contributed by atoms with Crippen LogP contribution in [-0.4, -0.2) is 47.8 Å². The van der Waals surface area contributed by atoms with E-state index in [2.05, 4.69) is 0 Å². The third-order valence-electron chi connectivity index (χ3n) is 4.07. The Morgan fingerprint density at radius 2 is 1.67 bits per heavy atom. The topological polar surface area (TPSA) is 40.6 Å². The van der Waals surface area contributed by atoms with E-state index in [4.69, 9.17) is 0 Å². The molecular weight excluding hydrogens is 320 g/mol. The molecule has 2 heterocycles. The minimum absolute atomic E-state index is 0.00390. The maximum absolute atomic E-state index is 12.3. The van der Waals surface area contributed by atoms with E-state index in [9.17, 15) is 9.59 Å². The van der Waals surface area contributed by atoms with Crippen molar-refractivity contribution in [3.63, 3.8) is 0 Å². The highest BCUT2D eigenvalue weighted by molar-refractivity contribution is 7.10. The number of nitrogens with zero attached hydrogens (tertiary/aromatic N) is 2. The summed E-state index contributed by atoms with van der Waals surface area (Å²) in [4.78, 5) is 29.2. The first-order valence-electron chi connectivity index (χ1n) is 8.04. The predicted octanol–water partition coefficient (Wildman–Crippen LogP) is 2.67. The predicted molar refractivity (Wildman–Crippen MR) is 96.7 cm³/mol. The van der Waals surface area contributed by atoms with Crippen LogP contribution in [0.3, 0.4) is 0 Å². The van der Waals surface area contributed by atoms with Gasteiger partial charge in [-0.05, 0) is 23.1 Å². The van der Waals surface area contributed by atoms with Crippen LogP contribution in [0.4, 0.5) is 0 Å². The van der Waals surface area contributed by atoms with E-state index >= 15 is 0 Å². The van der Waals surface area contributed by atoms with Gasteiger partial charge in [-0.25, -0.2) is 0 Å². The van der Waals surface area contributed by atoms with Gasteiger partial charge in [0, 0.05) is 37.1 Å². The van der Waals surface area contributed by atoms with Crippen LogP contribution in [0.15, 0.2) is 53.9 Å². The molecule has 0 atom stereocenters. The van der Waals surface area contributed by atoms with Crippen molar-refractivity contribution < 1.29 is 9.59 Å². The molecule has 1 aromatic heterocycles. The Balaban J connectivity index is 1.48. The summed E-state index contributed by atoms with van der Waals surface area (Å²) in [6.45, 7) is 2.40. The lowest BCUT2D eigenvalue weighted by Gasteiger charge is -2.34. The van der Waals surface area contributed by atoms with Crippen LogP contribution in [0.25, 0.3) is 6.08 Å². The van der Waals surface area contributed by atoms with Gasteiger partial charge in [-0.3, -0.25) is 9.59 Å². The number of amides is 2. The molecule has 2 amide bonds. The summed E-state index contributed by atoms with van der Waals surface area (Å²) in [5, 5.41) is 1.98. The van der Waals surface area contributed by atoms with E-state index < -0.39 is 0 Å². The molecule has 0 spiro atoms. The number of benzene rings is 1. The Bertz CT molecular complexity index is 702. The van der Waals surface area contributed by atoms with Crippen LogP contribution < -0.4 is 0 Å². The van der Waals surface area contributed by atoms with Crippen molar-refractivity contribution in [2.45, 2.75) is 6.42 Å². The van der Waals surface area contributed by atoms with E-state index in [-0.39, 0.29) is 11.8 Å². The summed E-state index contributed by atoms with van der Waals surface area (Å²) in [6.07, 6.45) is 3.90. The number of hydrogen-bond donors (Lipinski definition) is 0. The lowest BCUT2D eigenvalue weighted by Crippen LogP contribution is -2.50.